The van der Waals surface area contributed by atoms with E-state index in [1.54, 1.807) is 11.8 Å². The Morgan fingerprint density at radius 2 is 2.00 bits per heavy atom. The molecule has 0 radical (unpaired) electrons. The summed E-state index contributed by atoms with van der Waals surface area (Å²) in [5, 5.41) is 0. The minimum atomic E-state index is -0.439. The number of rotatable bonds is 1. The lowest BCUT2D eigenvalue weighted by atomic mass is 10.1. The Hall–Kier alpha value is -0.960. The molecule has 0 saturated carbocycles. The maximum absolute atomic E-state index is 11.8. The second kappa shape index (κ2) is 3.56. The predicted octanol–water partition coefficient (Wildman–Crippen LogP) is 3.32. The number of thioether (sulfide) groups is 1. The molecule has 0 aromatic heterocycles. The van der Waals surface area contributed by atoms with Gasteiger partial charge in [-0.3, -0.25) is 0 Å². The van der Waals surface area contributed by atoms with Gasteiger partial charge in [-0.1, -0.05) is 37.7 Å². The molecule has 0 bridgehead atoms. The normalized spacial score (nSPS) is 24.9. The van der Waals surface area contributed by atoms with Crippen LogP contribution in [0.1, 0.15) is 31.1 Å². The summed E-state index contributed by atoms with van der Waals surface area (Å²) in [4.78, 5) is 12.3. The number of hydrogen-bond acceptors (Lipinski definition) is 3. The molecule has 0 fully saturated rings. The van der Waals surface area contributed by atoms with Crippen molar-refractivity contribution in [3.63, 3.8) is 0 Å². The summed E-state index contributed by atoms with van der Waals surface area (Å²) in [6.07, 6.45) is 0. The van der Waals surface area contributed by atoms with Crippen molar-refractivity contribution in [2.45, 2.75) is 30.6 Å². The quantitative estimate of drug-likeness (QED) is 0.682. The molecule has 0 saturated heterocycles. The van der Waals surface area contributed by atoms with Crippen LogP contribution in [0.5, 0.6) is 0 Å². The van der Waals surface area contributed by atoms with Crippen LogP contribution in [0.2, 0.25) is 0 Å². The van der Waals surface area contributed by atoms with Crippen LogP contribution in [0.3, 0.4) is 0 Å². The molecule has 1 aromatic rings. The molecule has 15 heavy (non-hydrogen) atoms. The van der Waals surface area contributed by atoms with Gasteiger partial charge in [0.2, 0.25) is 0 Å². The zero-order valence-electron chi connectivity index (χ0n) is 9.11. The summed E-state index contributed by atoms with van der Waals surface area (Å²) in [6.45, 7) is 6.10. The Kier molecular flexibility index (Phi) is 2.51. The fourth-order valence-corrected chi connectivity index (χ4v) is 2.64. The molecule has 0 aliphatic carbocycles. The standard InChI is InChI=1S/C12H14O2S/c1-8(2)12(3)14-11(13)9-6-4-5-7-10(9)15-12/h4-8H,1-3H3. The van der Waals surface area contributed by atoms with Crippen LogP contribution in [0.25, 0.3) is 0 Å². The maximum Gasteiger partial charge on any atom is 0.340 e. The van der Waals surface area contributed by atoms with E-state index in [1.165, 1.54) is 0 Å². The van der Waals surface area contributed by atoms with E-state index in [1.807, 2.05) is 31.2 Å². The molecule has 3 heteroatoms. The van der Waals surface area contributed by atoms with Gasteiger partial charge in [-0.25, -0.2) is 4.79 Å². The lowest BCUT2D eigenvalue weighted by Gasteiger charge is -2.36. The number of carbonyl (C=O) groups excluding carboxylic acids is 1. The molecule has 80 valence electrons. The van der Waals surface area contributed by atoms with Crippen LogP contribution in [0, 0.1) is 5.92 Å². The van der Waals surface area contributed by atoms with Crippen LogP contribution < -0.4 is 0 Å². The molecule has 1 aliphatic rings. The van der Waals surface area contributed by atoms with Crippen molar-refractivity contribution in [1.82, 2.24) is 0 Å². The van der Waals surface area contributed by atoms with E-state index in [-0.39, 0.29) is 5.97 Å². The fourth-order valence-electron chi connectivity index (χ4n) is 1.44. The number of benzene rings is 1. The van der Waals surface area contributed by atoms with Gasteiger partial charge in [-0.05, 0) is 19.1 Å². The Morgan fingerprint density at radius 1 is 1.33 bits per heavy atom. The van der Waals surface area contributed by atoms with Gasteiger partial charge >= 0.3 is 5.97 Å². The number of hydrogen-bond donors (Lipinski definition) is 0. The number of ether oxygens (including phenoxy) is 1. The molecular weight excluding hydrogens is 208 g/mol. The van der Waals surface area contributed by atoms with E-state index in [0.717, 1.165) is 4.90 Å². The molecule has 1 aromatic carbocycles. The van der Waals surface area contributed by atoms with Gasteiger partial charge < -0.3 is 4.74 Å². The molecule has 0 N–H and O–H groups in total. The van der Waals surface area contributed by atoms with E-state index in [9.17, 15) is 4.79 Å². The molecule has 2 rings (SSSR count). The predicted molar refractivity (Wildman–Crippen MR) is 61.0 cm³/mol. The van der Waals surface area contributed by atoms with Gasteiger partial charge in [0.15, 0.2) is 4.93 Å². The Morgan fingerprint density at radius 3 is 2.67 bits per heavy atom. The summed E-state index contributed by atoms with van der Waals surface area (Å²) in [6, 6.07) is 7.59. The zero-order valence-corrected chi connectivity index (χ0v) is 9.93. The lowest BCUT2D eigenvalue weighted by molar-refractivity contribution is 0.00893. The smallest absolute Gasteiger partial charge is 0.340 e. The average Bonchev–Trinajstić information content (AvgIpc) is 2.17. The Balaban J connectivity index is 2.42. The first-order chi connectivity index (χ1) is 7.03. The van der Waals surface area contributed by atoms with Crippen molar-refractivity contribution in [2.75, 3.05) is 0 Å². The van der Waals surface area contributed by atoms with Gasteiger partial charge in [0, 0.05) is 10.8 Å². The summed E-state index contributed by atoms with van der Waals surface area (Å²) in [5.41, 5.74) is 0.681. The number of fused-ring (bicyclic) bond motifs is 1. The van der Waals surface area contributed by atoms with Crippen molar-refractivity contribution in [3.8, 4) is 0 Å². The monoisotopic (exact) mass is 222 g/mol. The SMILES string of the molecule is CC(C)C1(C)OC(=O)c2ccccc2S1. The zero-order chi connectivity index (χ0) is 11.1. The van der Waals surface area contributed by atoms with Crippen molar-refractivity contribution in [2.24, 2.45) is 5.92 Å². The van der Waals surface area contributed by atoms with E-state index in [2.05, 4.69) is 13.8 Å². The highest BCUT2D eigenvalue weighted by Gasteiger charge is 2.39. The first-order valence-electron chi connectivity index (χ1n) is 5.04. The third-order valence-corrected chi connectivity index (χ3v) is 4.30. The van der Waals surface area contributed by atoms with Gasteiger partial charge in [-0.15, -0.1) is 0 Å². The second-order valence-corrected chi connectivity index (χ2v) is 5.61. The first kappa shape index (κ1) is 10.6. The second-order valence-electron chi connectivity index (χ2n) is 4.16. The van der Waals surface area contributed by atoms with Crippen LogP contribution in [-0.4, -0.2) is 10.9 Å². The van der Waals surface area contributed by atoms with Crippen LogP contribution in [-0.2, 0) is 4.74 Å². The highest BCUT2D eigenvalue weighted by atomic mass is 32.2. The first-order valence-corrected chi connectivity index (χ1v) is 5.86. The van der Waals surface area contributed by atoms with Gasteiger partial charge in [0.1, 0.15) is 0 Å². The van der Waals surface area contributed by atoms with Crippen molar-refractivity contribution in [1.29, 1.82) is 0 Å². The molecule has 1 atom stereocenters. The number of carbonyl (C=O) groups is 1. The minimum Gasteiger partial charge on any atom is -0.444 e. The average molecular weight is 222 g/mol. The summed E-state index contributed by atoms with van der Waals surface area (Å²) in [5.74, 6) is 0.0837. The summed E-state index contributed by atoms with van der Waals surface area (Å²) in [7, 11) is 0. The van der Waals surface area contributed by atoms with Gasteiger partial charge in [0.25, 0.3) is 0 Å². The Labute approximate surface area is 94.0 Å². The molecular formula is C12H14O2S. The fraction of sp³-hybridized carbons (Fsp3) is 0.417. The van der Waals surface area contributed by atoms with Crippen molar-refractivity contribution < 1.29 is 9.53 Å². The summed E-state index contributed by atoms with van der Waals surface area (Å²) < 4.78 is 5.49. The van der Waals surface area contributed by atoms with E-state index in [0.29, 0.717) is 11.5 Å². The maximum atomic E-state index is 11.8. The Bertz CT molecular complexity index is 400. The van der Waals surface area contributed by atoms with Crippen LogP contribution in [0.15, 0.2) is 29.2 Å². The van der Waals surface area contributed by atoms with Crippen molar-refractivity contribution >= 4 is 17.7 Å². The number of cyclic esters (lactones) is 1. The van der Waals surface area contributed by atoms with Crippen LogP contribution in [0.4, 0.5) is 0 Å². The van der Waals surface area contributed by atoms with Crippen LogP contribution >= 0.6 is 11.8 Å². The molecule has 2 nitrogen and oxygen atoms in total. The topological polar surface area (TPSA) is 26.3 Å². The molecule has 1 unspecified atom stereocenters. The number of esters is 1. The van der Waals surface area contributed by atoms with E-state index >= 15 is 0 Å². The van der Waals surface area contributed by atoms with Gasteiger partial charge in [-0.2, -0.15) is 0 Å². The largest absolute Gasteiger partial charge is 0.444 e. The van der Waals surface area contributed by atoms with E-state index < -0.39 is 4.93 Å². The third-order valence-electron chi connectivity index (χ3n) is 2.76. The lowest BCUT2D eigenvalue weighted by Crippen LogP contribution is -2.36. The molecule has 0 amide bonds. The third kappa shape index (κ3) is 1.76. The van der Waals surface area contributed by atoms with Crippen molar-refractivity contribution in [3.05, 3.63) is 29.8 Å². The van der Waals surface area contributed by atoms with E-state index in [4.69, 9.17) is 4.74 Å². The van der Waals surface area contributed by atoms with Gasteiger partial charge in [0.05, 0.1) is 5.56 Å². The molecule has 0 spiro atoms. The highest BCUT2D eigenvalue weighted by molar-refractivity contribution is 8.00. The molecule has 1 heterocycles. The minimum absolute atomic E-state index is 0.208. The highest BCUT2D eigenvalue weighted by Crippen LogP contribution is 2.45. The molecule has 1 aliphatic heterocycles. The summed E-state index contributed by atoms with van der Waals surface area (Å²) >= 11 is 1.63.